The van der Waals surface area contributed by atoms with E-state index in [1.54, 1.807) is 0 Å². The van der Waals surface area contributed by atoms with Gasteiger partial charge in [-0.25, -0.2) is 9.59 Å². The van der Waals surface area contributed by atoms with Crippen molar-refractivity contribution in [3.8, 4) is 0 Å². The maximum atomic E-state index is 9.57. The summed E-state index contributed by atoms with van der Waals surface area (Å²) in [6.07, 6.45) is 0. The van der Waals surface area contributed by atoms with Gasteiger partial charge in [0.2, 0.25) is 0 Å². The van der Waals surface area contributed by atoms with E-state index in [9.17, 15) is 9.59 Å². The van der Waals surface area contributed by atoms with Crippen molar-refractivity contribution >= 4 is 12.9 Å². The van der Waals surface area contributed by atoms with Gasteiger partial charge in [-0.15, -0.1) is 0 Å². The Bertz CT molecular complexity index is 122. The summed E-state index contributed by atoms with van der Waals surface area (Å²) < 4.78 is 18.5. The topological polar surface area (TPSA) is 71.1 Å². The first kappa shape index (κ1) is 12.9. The molecule has 14 heavy (non-hydrogen) atoms. The first-order chi connectivity index (χ1) is 6.91. The molecule has 0 rings (SSSR count). The minimum absolute atomic E-state index is 0.187. The van der Waals surface area contributed by atoms with Crippen LogP contribution in [0.3, 0.4) is 0 Å². The fraction of sp³-hybridized carbons (Fsp3) is 0.750. The van der Waals surface area contributed by atoms with E-state index in [4.69, 9.17) is 9.47 Å². The molecule has 0 aliphatic heterocycles. The minimum Gasteiger partial charge on any atom is -0.455 e. The van der Waals surface area contributed by atoms with Crippen molar-refractivity contribution in [2.24, 2.45) is 0 Å². The molecule has 0 aromatic rings. The summed E-state index contributed by atoms with van der Waals surface area (Å²) in [6.45, 7) is 4.36. The zero-order valence-electron chi connectivity index (χ0n) is 7.69. The van der Waals surface area contributed by atoms with Crippen LogP contribution in [0.25, 0.3) is 0 Å². The van der Waals surface area contributed by atoms with Crippen LogP contribution in [0.4, 0.5) is 0 Å². The Morgan fingerprint density at radius 2 is 1.00 bits per heavy atom. The standard InChI is InChI=1S/C8H12O6/c9-7-13-5-3-11-1-2-12-4-6-14-8-10/h1-6H2. The normalized spacial score (nSPS) is 9.43. The van der Waals surface area contributed by atoms with Gasteiger partial charge in [-0.05, 0) is 0 Å². The number of ether oxygens (including phenoxy) is 4. The molecular weight excluding hydrogens is 192 g/mol. The zero-order valence-corrected chi connectivity index (χ0v) is 7.69. The predicted octanol–water partition coefficient (Wildman–Crippen LogP) is -0.813. The molecule has 0 bridgehead atoms. The molecule has 0 N–H and O–H groups in total. The third kappa shape index (κ3) is 10.9. The molecular formula is C8H12O6. The van der Waals surface area contributed by atoms with E-state index in [0.29, 0.717) is 26.4 Å². The van der Waals surface area contributed by atoms with Gasteiger partial charge in [-0.1, -0.05) is 0 Å². The molecule has 0 saturated carbocycles. The zero-order chi connectivity index (χ0) is 10.5. The van der Waals surface area contributed by atoms with Crippen LogP contribution in [-0.2, 0) is 28.5 Å². The van der Waals surface area contributed by atoms with E-state index in [1.807, 2.05) is 0 Å². The molecule has 0 fully saturated rings. The van der Waals surface area contributed by atoms with Gasteiger partial charge in [0.05, 0.1) is 26.4 Å². The smallest absolute Gasteiger partial charge is 0.417 e. The van der Waals surface area contributed by atoms with E-state index >= 15 is 0 Å². The van der Waals surface area contributed by atoms with Crippen LogP contribution in [-0.4, -0.2) is 52.6 Å². The van der Waals surface area contributed by atoms with Crippen LogP contribution in [0.15, 0.2) is 0 Å². The molecule has 0 amide bonds. The fourth-order valence-electron chi connectivity index (χ4n) is 0.606. The highest BCUT2D eigenvalue weighted by molar-refractivity contribution is 5.38. The number of hydrogen-bond donors (Lipinski definition) is 0. The van der Waals surface area contributed by atoms with Crippen molar-refractivity contribution in [1.82, 2.24) is 0 Å². The predicted molar refractivity (Wildman–Crippen MR) is 44.9 cm³/mol. The largest absolute Gasteiger partial charge is 0.455 e. The first-order valence-electron chi connectivity index (χ1n) is 4.05. The van der Waals surface area contributed by atoms with Crippen LogP contribution in [0.2, 0.25) is 0 Å². The van der Waals surface area contributed by atoms with Gasteiger partial charge in [0, 0.05) is 0 Å². The van der Waals surface area contributed by atoms with Crippen LogP contribution < -0.4 is 0 Å². The summed E-state index contributed by atoms with van der Waals surface area (Å²) in [5.74, 6) is 0. The van der Waals surface area contributed by atoms with E-state index in [1.165, 1.54) is 12.9 Å². The maximum absolute atomic E-state index is 9.57. The van der Waals surface area contributed by atoms with E-state index < -0.39 is 0 Å². The Hall–Kier alpha value is -1.14. The van der Waals surface area contributed by atoms with Crippen LogP contribution in [0.1, 0.15) is 0 Å². The van der Waals surface area contributed by atoms with E-state index in [2.05, 4.69) is 9.47 Å². The molecule has 0 aliphatic carbocycles. The lowest BCUT2D eigenvalue weighted by Gasteiger charge is -2.03. The molecule has 6 nitrogen and oxygen atoms in total. The Labute approximate surface area is 82.1 Å². The summed E-state index contributed by atoms with van der Waals surface area (Å²) in [7, 11) is 0. The van der Waals surface area contributed by atoms with E-state index in [0.717, 1.165) is 0 Å². The highest BCUT2D eigenvalue weighted by Gasteiger charge is 1.91. The summed E-state index contributed by atoms with van der Waals surface area (Å²) in [5, 5.41) is 0. The van der Waals surface area contributed by atoms with Gasteiger partial charge in [-0.3, -0.25) is 0 Å². The molecule has 0 aromatic heterocycles. The van der Waals surface area contributed by atoms with Gasteiger partial charge in [-0.2, -0.15) is 0 Å². The average Bonchev–Trinajstić information content (AvgIpc) is 2.21. The lowest BCUT2D eigenvalue weighted by molar-refractivity contribution is 0.0244. The molecule has 0 saturated heterocycles. The summed E-state index contributed by atoms with van der Waals surface area (Å²) in [6, 6.07) is 0. The molecule has 0 unspecified atom stereocenters. The second-order valence-corrected chi connectivity index (χ2v) is 2.09. The Balaban J connectivity index is 2.84. The second-order valence-electron chi connectivity index (χ2n) is 2.09. The van der Waals surface area contributed by atoms with Gasteiger partial charge < -0.3 is 18.9 Å². The van der Waals surface area contributed by atoms with Gasteiger partial charge in [0.25, 0.3) is 0 Å². The monoisotopic (exact) mass is 204 g/mol. The van der Waals surface area contributed by atoms with Crippen molar-refractivity contribution in [3.05, 3.63) is 0 Å². The lowest BCUT2D eigenvalue weighted by Crippen LogP contribution is -2.11. The van der Waals surface area contributed by atoms with Crippen molar-refractivity contribution < 1.29 is 28.5 Å². The molecule has 0 atom stereocenters. The highest BCUT2D eigenvalue weighted by atomic mass is 16.6. The van der Waals surface area contributed by atoms with Crippen LogP contribution in [0, 0.1) is 0 Å². The third-order valence-electron chi connectivity index (χ3n) is 1.15. The molecule has 6 heteroatoms. The molecule has 0 aliphatic rings. The molecule has 0 aromatic carbocycles. The number of carbonyl (C=O) groups excluding carboxylic acids is 2. The van der Waals surface area contributed by atoms with Gasteiger partial charge in [0.15, 0.2) is 0 Å². The van der Waals surface area contributed by atoms with Crippen molar-refractivity contribution in [2.45, 2.75) is 0 Å². The van der Waals surface area contributed by atoms with Gasteiger partial charge in [0.1, 0.15) is 13.2 Å². The summed E-state index contributed by atoms with van der Waals surface area (Å²) >= 11 is 0. The lowest BCUT2D eigenvalue weighted by atomic mass is 10.7. The Morgan fingerprint density at radius 3 is 1.36 bits per heavy atom. The molecule has 2 radical (unpaired) electrons. The quantitative estimate of drug-likeness (QED) is 0.410. The van der Waals surface area contributed by atoms with E-state index in [-0.39, 0.29) is 13.2 Å². The third-order valence-corrected chi connectivity index (χ3v) is 1.15. The molecule has 0 spiro atoms. The van der Waals surface area contributed by atoms with Crippen molar-refractivity contribution in [1.29, 1.82) is 0 Å². The second kappa shape index (κ2) is 11.9. The van der Waals surface area contributed by atoms with Crippen LogP contribution >= 0.6 is 0 Å². The Morgan fingerprint density at radius 1 is 0.643 bits per heavy atom. The van der Waals surface area contributed by atoms with Crippen molar-refractivity contribution in [2.75, 3.05) is 39.6 Å². The average molecular weight is 204 g/mol. The minimum atomic E-state index is 0.187. The number of hydrogen-bond acceptors (Lipinski definition) is 6. The van der Waals surface area contributed by atoms with Crippen molar-refractivity contribution in [3.63, 3.8) is 0 Å². The molecule has 0 heterocycles. The highest BCUT2D eigenvalue weighted by Crippen LogP contribution is 1.80. The SMILES string of the molecule is O=[C]OCCOCCOCCO[C]=O. The fourth-order valence-corrected chi connectivity index (χ4v) is 0.606. The van der Waals surface area contributed by atoms with Crippen LogP contribution in [0.5, 0.6) is 0 Å². The molecule has 80 valence electrons. The Kier molecular flexibility index (Phi) is 10.9. The summed E-state index contributed by atoms with van der Waals surface area (Å²) in [5.41, 5.74) is 0. The number of rotatable bonds is 11. The first-order valence-corrected chi connectivity index (χ1v) is 4.05. The maximum Gasteiger partial charge on any atom is 0.417 e. The van der Waals surface area contributed by atoms with Gasteiger partial charge >= 0.3 is 12.9 Å². The summed E-state index contributed by atoms with van der Waals surface area (Å²) in [4.78, 5) is 19.1.